The standard InChI is InChI=1S/C17H26ClNO/c1-3-19-16(11-5-8-14-9-6-12-20-14)15-10-4-7-13(2)17(15)18/h4,7,10,14,16,19H,3,5-6,8-9,11-12H2,1-2H3. The van der Waals surface area contributed by atoms with Crippen LogP contribution in [-0.4, -0.2) is 19.3 Å². The quantitative estimate of drug-likeness (QED) is 0.790. The summed E-state index contributed by atoms with van der Waals surface area (Å²) < 4.78 is 5.70. The first-order valence-corrected chi connectivity index (χ1v) is 8.20. The molecule has 1 aliphatic rings. The van der Waals surface area contributed by atoms with Crippen molar-refractivity contribution in [1.29, 1.82) is 0 Å². The molecule has 1 fully saturated rings. The van der Waals surface area contributed by atoms with Gasteiger partial charge in [0.15, 0.2) is 0 Å². The molecule has 1 heterocycles. The molecule has 1 aromatic rings. The second kappa shape index (κ2) is 8.02. The third-order valence-corrected chi connectivity index (χ3v) is 4.61. The van der Waals surface area contributed by atoms with Gasteiger partial charge in [0.1, 0.15) is 0 Å². The maximum Gasteiger partial charge on any atom is 0.0576 e. The topological polar surface area (TPSA) is 21.3 Å². The molecular weight excluding hydrogens is 270 g/mol. The van der Waals surface area contributed by atoms with Gasteiger partial charge in [-0.15, -0.1) is 0 Å². The number of benzene rings is 1. The molecule has 3 heteroatoms. The molecule has 0 amide bonds. The van der Waals surface area contributed by atoms with Gasteiger partial charge in [-0.25, -0.2) is 0 Å². The predicted octanol–water partition coefficient (Wildman–Crippen LogP) is 4.65. The van der Waals surface area contributed by atoms with Crippen LogP contribution in [0.1, 0.15) is 56.2 Å². The second-order valence-electron chi connectivity index (χ2n) is 5.65. The Morgan fingerprint density at radius 1 is 1.45 bits per heavy atom. The minimum absolute atomic E-state index is 0.355. The van der Waals surface area contributed by atoms with Crippen LogP contribution in [0.15, 0.2) is 18.2 Å². The van der Waals surface area contributed by atoms with E-state index < -0.39 is 0 Å². The van der Waals surface area contributed by atoms with Gasteiger partial charge >= 0.3 is 0 Å². The summed E-state index contributed by atoms with van der Waals surface area (Å²) >= 11 is 6.47. The van der Waals surface area contributed by atoms with E-state index in [1.807, 2.05) is 0 Å². The number of hydrogen-bond donors (Lipinski definition) is 1. The van der Waals surface area contributed by atoms with Crippen molar-refractivity contribution in [2.45, 2.75) is 58.1 Å². The summed E-state index contributed by atoms with van der Waals surface area (Å²) in [6.07, 6.45) is 6.43. The fourth-order valence-corrected chi connectivity index (χ4v) is 3.23. The Hall–Kier alpha value is -0.570. The first-order chi connectivity index (χ1) is 9.72. The molecular formula is C17H26ClNO. The Morgan fingerprint density at radius 2 is 2.30 bits per heavy atom. The lowest BCUT2D eigenvalue weighted by Crippen LogP contribution is -2.22. The molecule has 2 rings (SSSR count). The highest BCUT2D eigenvalue weighted by molar-refractivity contribution is 6.32. The van der Waals surface area contributed by atoms with Crippen LogP contribution < -0.4 is 5.32 Å². The lowest BCUT2D eigenvalue weighted by atomic mass is 9.97. The highest BCUT2D eigenvalue weighted by atomic mass is 35.5. The molecule has 20 heavy (non-hydrogen) atoms. The fraction of sp³-hybridized carbons (Fsp3) is 0.647. The van der Waals surface area contributed by atoms with Gasteiger partial charge in [0.25, 0.3) is 0 Å². The van der Waals surface area contributed by atoms with Crippen molar-refractivity contribution < 1.29 is 4.74 Å². The van der Waals surface area contributed by atoms with Crippen molar-refractivity contribution in [3.63, 3.8) is 0 Å². The monoisotopic (exact) mass is 295 g/mol. The third kappa shape index (κ3) is 4.21. The van der Waals surface area contributed by atoms with Gasteiger partial charge in [-0.3, -0.25) is 0 Å². The van der Waals surface area contributed by atoms with Crippen molar-refractivity contribution in [2.24, 2.45) is 0 Å². The average Bonchev–Trinajstić information content (AvgIpc) is 2.94. The van der Waals surface area contributed by atoms with Gasteiger partial charge in [0.2, 0.25) is 0 Å². The fourth-order valence-electron chi connectivity index (χ4n) is 2.97. The number of hydrogen-bond acceptors (Lipinski definition) is 2. The van der Waals surface area contributed by atoms with E-state index in [1.54, 1.807) is 0 Å². The van der Waals surface area contributed by atoms with Crippen LogP contribution in [0.25, 0.3) is 0 Å². The summed E-state index contributed by atoms with van der Waals surface area (Å²) in [5.74, 6) is 0. The van der Waals surface area contributed by atoms with Crippen molar-refractivity contribution in [3.05, 3.63) is 34.3 Å². The summed E-state index contributed by atoms with van der Waals surface area (Å²) in [7, 11) is 0. The lowest BCUT2D eigenvalue weighted by molar-refractivity contribution is 0.101. The summed E-state index contributed by atoms with van der Waals surface area (Å²) in [6, 6.07) is 6.67. The summed E-state index contributed by atoms with van der Waals surface area (Å²) in [5, 5.41) is 4.48. The number of ether oxygens (including phenoxy) is 1. The molecule has 2 nitrogen and oxygen atoms in total. The molecule has 1 aromatic carbocycles. The SMILES string of the molecule is CCNC(CCCC1CCCO1)c1cccc(C)c1Cl. The zero-order valence-electron chi connectivity index (χ0n) is 12.6. The van der Waals surface area contributed by atoms with E-state index in [-0.39, 0.29) is 0 Å². The molecule has 1 aliphatic heterocycles. The van der Waals surface area contributed by atoms with E-state index in [9.17, 15) is 0 Å². The second-order valence-corrected chi connectivity index (χ2v) is 6.03. The van der Waals surface area contributed by atoms with Crippen molar-refractivity contribution in [3.8, 4) is 0 Å². The van der Waals surface area contributed by atoms with Crippen molar-refractivity contribution >= 4 is 11.6 Å². The Morgan fingerprint density at radius 3 is 3.00 bits per heavy atom. The summed E-state index contributed by atoms with van der Waals surface area (Å²) in [4.78, 5) is 0. The zero-order chi connectivity index (χ0) is 14.4. The molecule has 0 bridgehead atoms. The lowest BCUT2D eigenvalue weighted by Gasteiger charge is -2.21. The Bertz CT molecular complexity index is 415. The van der Waals surface area contributed by atoms with Crippen LogP contribution in [0.3, 0.4) is 0 Å². The number of rotatable bonds is 7. The van der Waals surface area contributed by atoms with Gasteiger partial charge in [-0.2, -0.15) is 0 Å². The Labute approximate surface area is 127 Å². The third-order valence-electron chi connectivity index (χ3n) is 4.09. The van der Waals surface area contributed by atoms with E-state index in [1.165, 1.54) is 31.2 Å². The average molecular weight is 296 g/mol. The van der Waals surface area contributed by atoms with Gasteiger partial charge in [0, 0.05) is 17.7 Å². The molecule has 1 N–H and O–H groups in total. The zero-order valence-corrected chi connectivity index (χ0v) is 13.4. The van der Waals surface area contributed by atoms with Gasteiger partial charge in [-0.05, 0) is 56.7 Å². The minimum atomic E-state index is 0.355. The van der Waals surface area contributed by atoms with E-state index in [2.05, 4.69) is 37.4 Å². The summed E-state index contributed by atoms with van der Waals surface area (Å²) in [6.45, 7) is 6.14. The molecule has 112 valence electrons. The number of aryl methyl sites for hydroxylation is 1. The molecule has 2 unspecified atom stereocenters. The van der Waals surface area contributed by atoms with Crippen LogP contribution >= 0.6 is 11.6 Å². The van der Waals surface area contributed by atoms with Crippen LogP contribution in [0.2, 0.25) is 5.02 Å². The van der Waals surface area contributed by atoms with E-state index in [4.69, 9.17) is 16.3 Å². The molecule has 0 aliphatic carbocycles. The summed E-state index contributed by atoms with van der Waals surface area (Å²) in [5.41, 5.74) is 2.40. The largest absolute Gasteiger partial charge is 0.378 e. The highest BCUT2D eigenvalue weighted by Gasteiger charge is 2.18. The van der Waals surface area contributed by atoms with Gasteiger partial charge < -0.3 is 10.1 Å². The molecule has 0 radical (unpaired) electrons. The van der Waals surface area contributed by atoms with Crippen LogP contribution in [0, 0.1) is 6.92 Å². The molecule has 0 aromatic heterocycles. The predicted molar refractivity (Wildman–Crippen MR) is 85.4 cm³/mol. The normalized spacial score (nSPS) is 20.2. The first kappa shape index (κ1) is 15.8. The van der Waals surface area contributed by atoms with E-state index in [0.717, 1.165) is 30.2 Å². The number of halogens is 1. The molecule has 1 saturated heterocycles. The Kier molecular flexibility index (Phi) is 6.34. The highest BCUT2D eigenvalue weighted by Crippen LogP contribution is 2.30. The van der Waals surface area contributed by atoms with Gasteiger partial charge in [0.05, 0.1) is 6.10 Å². The molecule has 2 atom stereocenters. The van der Waals surface area contributed by atoms with E-state index >= 15 is 0 Å². The number of nitrogens with one attached hydrogen (secondary N) is 1. The van der Waals surface area contributed by atoms with Crippen LogP contribution in [0.4, 0.5) is 0 Å². The van der Waals surface area contributed by atoms with Crippen molar-refractivity contribution in [2.75, 3.05) is 13.2 Å². The van der Waals surface area contributed by atoms with Crippen LogP contribution in [-0.2, 0) is 4.74 Å². The maximum atomic E-state index is 6.47. The molecule has 0 saturated carbocycles. The Balaban J connectivity index is 1.93. The minimum Gasteiger partial charge on any atom is -0.378 e. The van der Waals surface area contributed by atoms with E-state index in [0.29, 0.717) is 12.1 Å². The van der Waals surface area contributed by atoms with Crippen molar-refractivity contribution in [1.82, 2.24) is 5.32 Å². The first-order valence-electron chi connectivity index (χ1n) is 7.82. The molecule has 0 spiro atoms. The maximum absolute atomic E-state index is 6.47. The van der Waals surface area contributed by atoms with Gasteiger partial charge in [-0.1, -0.05) is 36.7 Å². The smallest absolute Gasteiger partial charge is 0.0576 e. The van der Waals surface area contributed by atoms with Crippen LogP contribution in [0.5, 0.6) is 0 Å².